The molecule has 0 radical (unpaired) electrons. The lowest BCUT2D eigenvalue weighted by atomic mass is 9.93. The third-order valence-corrected chi connectivity index (χ3v) is 3.92. The molecule has 1 aromatic heterocycles. The van der Waals surface area contributed by atoms with E-state index < -0.39 is 0 Å². The van der Waals surface area contributed by atoms with Crippen LogP contribution >= 0.6 is 22.9 Å². The van der Waals surface area contributed by atoms with E-state index >= 15 is 0 Å². The third-order valence-electron chi connectivity index (χ3n) is 2.65. The van der Waals surface area contributed by atoms with Gasteiger partial charge >= 0.3 is 0 Å². The van der Waals surface area contributed by atoms with Gasteiger partial charge in [0.15, 0.2) is 0 Å². The summed E-state index contributed by atoms with van der Waals surface area (Å²) in [5.41, 5.74) is 5.94. The molecule has 0 saturated heterocycles. The van der Waals surface area contributed by atoms with E-state index in [4.69, 9.17) is 17.3 Å². The fourth-order valence-electron chi connectivity index (χ4n) is 1.61. The van der Waals surface area contributed by atoms with Crippen LogP contribution in [0.25, 0.3) is 0 Å². The average molecular weight is 261 g/mol. The number of hydrogen-bond acceptors (Lipinski definition) is 3. The molecule has 1 rings (SSSR count). The second-order valence-electron chi connectivity index (χ2n) is 4.90. The van der Waals surface area contributed by atoms with Crippen molar-refractivity contribution in [1.82, 2.24) is 4.90 Å². The van der Waals surface area contributed by atoms with Gasteiger partial charge in [-0.1, -0.05) is 32.4 Å². The number of thiophene rings is 1. The Balaban J connectivity index is 2.55. The summed E-state index contributed by atoms with van der Waals surface area (Å²) in [6.07, 6.45) is 0. The summed E-state index contributed by atoms with van der Waals surface area (Å²) in [5.74, 6) is 0. The molecule has 0 aromatic carbocycles. The molecule has 1 aromatic rings. The largest absolute Gasteiger partial charge is 0.330 e. The zero-order valence-corrected chi connectivity index (χ0v) is 11.9. The first-order valence-electron chi connectivity index (χ1n) is 5.62. The van der Waals surface area contributed by atoms with Crippen LogP contribution in [0, 0.1) is 5.41 Å². The van der Waals surface area contributed by atoms with E-state index in [1.165, 1.54) is 4.88 Å². The minimum atomic E-state index is 0.178. The summed E-state index contributed by atoms with van der Waals surface area (Å²) in [4.78, 5) is 3.73. The van der Waals surface area contributed by atoms with Crippen LogP contribution in [0.3, 0.4) is 0 Å². The minimum Gasteiger partial charge on any atom is -0.330 e. The Morgan fingerprint density at radius 1 is 1.50 bits per heavy atom. The highest BCUT2D eigenvalue weighted by molar-refractivity contribution is 7.10. The van der Waals surface area contributed by atoms with Crippen LogP contribution < -0.4 is 5.73 Å². The van der Waals surface area contributed by atoms with Gasteiger partial charge in [0, 0.05) is 23.3 Å². The molecule has 0 spiro atoms. The number of hydrogen-bond donors (Lipinski definition) is 1. The van der Waals surface area contributed by atoms with E-state index in [2.05, 4.69) is 25.7 Å². The molecule has 0 aliphatic rings. The fourth-order valence-corrected chi connectivity index (χ4v) is 2.72. The Hall–Kier alpha value is -0.0900. The van der Waals surface area contributed by atoms with Crippen LogP contribution in [0.5, 0.6) is 0 Å². The van der Waals surface area contributed by atoms with Crippen molar-refractivity contribution in [2.24, 2.45) is 11.1 Å². The van der Waals surface area contributed by atoms with Gasteiger partial charge in [-0.15, -0.1) is 11.3 Å². The molecule has 0 bridgehead atoms. The maximum absolute atomic E-state index is 5.92. The van der Waals surface area contributed by atoms with Gasteiger partial charge in [0.05, 0.1) is 5.02 Å². The van der Waals surface area contributed by atoms with Crippen molar-refractivity contribution in [2.45, 2.75) is 27.3 Å². The predicted molar refractivity (Wildman–Crippen MR) is 73.1 cm³/mol. The Bertz CT molecular complexity index is 323. The van der Waals surface area contributed by atoms with Crippen LogP contribution in [0.2, 0.25) is 5.02 Å². The van der Waals surface area contributed by atoms with E-state index in [0.29, 0.717) is 6.54 Å². The highest BCUT2D eigenvalue weighted by Crippen LogP contribution is 2.22. The summed E-state index contributed by atoms with van der Waals surface area (Å²) in [5, 5.41) is 2.83. The van der Waals surface area contributed by atoms with E-state index in [9.17, 15) is 0 Å². The van der Waals surface area contributed by atoms with Crippen molar-refractivity contribution in [3.05, 3.63) is 21.3 Å². The summed E-state index contributed by atoms with van der Waals surface area (Å²) in [6, 6.07) is 2.05. The van der Waals surface area contributed by atoms with E-state index in [1.807, 2.05) is 11.4 Å². The van der Waals surface area contributed by atoms with Crippen LogP contribution in [0.1, 0.15) is 25.6 Å². The lowest BCUT2D eigenvalue weighted by Gasteiger charge is -2.30. The van der Waals surface area contributed by atoms with Crippen molar-refractivity contribution >= 4 is 22.9 Å². The van der Waals surface area contributed by atoms with Gasteiger partial charge in [0.2, 0.25) is 0 Å². The smallest absolute Gasteiger partial charge is 0.0516 e. The highest BCUT2D eigenvalue weighted by Gasteiger charge is 2.19. The monoisotopic (exact) mass is 260 g/mol. The zero-order chi connectivity index (χ0) is 12.2. The predicted octanol–water partition coefficient (Wildman–Crippen LogP) is 3.21. The molecule has 2 nitrogen and oxygen atoms in total. The van der Waals surface area contributed by atoms with Crippen LogP contribution in [-0.4, -0.2) is 24.5 Å². The summed E-state index contributed by atoms with van der Waals surface area (Å²) < 4.78 is 0. The average Bonchev–Trinajstić information content (AvgIpc) is 2.63. The minimum absolute atomic E-state index is 0.178. The van der Waals surface area contributed by atoms with E-state index in [1.54, 1.807) is 11.3 Å². The van der Waals surface area contributed by atoms with Gasteiger partial charge < -0.3 is 5.73 Å². The Morgan fingerprint density at radius 2 is 2.19 bits per heavy atom. The van der Waals surface area contributed by atoms with Crippen molar-refractivity contribution in [3.63, 3.8) is 0 Å². The van der Waals surface area contributed by atoms with E-state index in [-0.39, 0.29) is 5.41 Å². The van der Waals surface area contributed by atoms with Gasteiger partial charge in [-0.2, -0.15) is 0 Å². The molecule has 16 heavy (non-hydrogen) atoms. The molecule has 0 unspecified atom stereocenters. The molecule has 0 aliphatic carbocycles. The maximum Gasteiger partial charge on any atom is 0.0516 e. The first-order chi connectivity index (χ1) is 7.46. The van der Waals surface area contributed by atoms with Crippen molar-refractivity contribution in [2.75, 3.05) is 19.6 Å². The Morgan fingerprint density at radius 3 is 2.62 bits per heavy atom. The van der Waals surface area contributed by atoms with Crippen LogP contribution in [0.15, 0.2) is 11.4 Å². The van der Waals surface area contributed by atoms with Crippen LogP contribution in [-0.2, 0) is 6.54 Å². The highest BCUT2D eigenvalue weighted by atomic mass is 35.5. The quantitative estimate of drug-likeness (QED) is 0.851. The molecule has 0 fully saturated rings. The molecular formula is C12H21ClN2S. The second-order valence-corrected chi connectivity index (χ2v) is 6.34. The van der Waals surface area contributed by atoms with Gasteiger partial charge in [-0.25, -0.2) is 0 Å². The van der Waals surface area contributed by atoms with Gasteiger partial charge in [0.1, 0.15) is 0 Å². The molecule has 0 atom stereocenters. The van der Waals surface area contributed by atoms with E-state index in [0.717, 1.165) is 24.7 Å². The van der Waals surface area contributed by atoms with Gasteiger partial charge in [-0.3, -0.25) is 4.90 Å². The third kappa shape index (κ3) is 4.42. The summed E-state index contributed by atoms with van der Waals surface area (Å²) in [7, 11) is 0. The summed E-state index contributed by atoms with van der Waals surface area (Å²) >= 11 is 7.64. The van der Waals surface area contributed by atoms with Gasteiger partial charge in [-0.05, 0) is 24.6 Å². The zero-order valence-electron chi connectivity index (χ0n) is 10.3. The Labute approximate surface area is 107 Å². The molecule has 4 heteroatoms. The number of halogens is 1. The SMILES string of the molecule is CCN(Cc1cc(Cl)cs1)CC(C)(C)CN. The first kappa shape index (κ1) is 14.0. The summed E-state index contributed by atoms with van der Waals surface area (Å²) in [6.45, 7) is 10.3. The van der Waals surface area contributed by atoms with Crippen molar-refractivity contribution in [1.29, 1.82) is 0 Å². The first-order valence-corrected chi connectivity index (χ1v) is 6.88. The number of rotatable bonds is 6. The van der Waals surface area contributed by atoms with Crippen molar-refractivity contribution in [3.8, 4) is 0 Å². The molecule has 92 valence electrons. The molecule has 2 N–H and O–H groups in total. The lowest BCUT2D eigenvalue weighted by molar-refractivity contribution is 0.185. The normalized spacial score (nSPS) is 12.4. The second kappa shape index (κ2) is 6.01. The molecule has 1 heterocycles. The topological polar surface area (TPSA) is 29.3 Å². The van der Waals surface area contributed by atoms with Crippen molar-refractivity contribution < 1.29 is 0 Å². The Kier molecular flexibility index (Phi) is 5.25. The molecular weight excluding hydrogens is 240 g/mol. The lowest BCUT2D eigenvalue weighted by Crippen LogP contribution is -2.38. The molecule has 0 aliphatic heterocycles. The molecule has 0 saturated carbocycles. The van der Waals surface area contributed by atoms with Gasteiger partial charge in [0.25, 0.3) is 0 Å². The maximum atomic E-state index is 5.92. The number of nitrogens with zero attached hydrogens (tertiary/aromatic N) is 1. The number of nitrogens with two attached hydrogens (primary N) is 1. The fraction of sp³-hybridized carbons (Fsp3) is 0.667. The standard InChI is InChI=1S/C12H21ClN2S/c1-4-15(9-12(2,3)8-14)6-11-5-10(13)7-16-11/h5,7H,4,6,8-9,14H2,1-3H3. The van der Waals surface area contributed by atoms with Crippen LogP contribution in [0.4, 0.5) is 0 Å². The molecule has 0 amide bonds.